The first-order valence-electron chi connectivity index (χ1n) is 5.69. The SMILES string of the molecule is CCCC(CS)CSCc1ccc(Cl)cc1. The van der Waals surface area contributed by atoms with Crippen molar-refractivity contribution in [3.8, 4) is 0 Å². The molecule has 0 spiro atoms. The monoisotopic (exact) mass is 274 g/mol. The molecule has 0 aromatic heterocycles. The highest BCUT2D eigenvalue weighted by atomic mass is 35.5. The third-order valence-corrected chi connectivity index (χ3v) is 4.50. The van der Waals surface area contributed by atoms with E-state index in [4.69, 9.17) is 11.6 Å². The number of thioether (sulfide) groups is 1. The van der Waals surface area contributed by atoms with Crippen molar-refractivity contribution >= 4 is 36.0 Å². The molecule has 0 aliphatic rings. The second-order valence-corrected chi connectivity index (χ2v) is 5.81. The molecule has 0 saturated carbocycles. The van der Waals surface area contributed by atoms with Crippen LogP contribution in [0.15, 0.2) is 24.3 Å². The summed E-state index contributed by atoms with van der Waals surface area (Å²) in [6, 6.07) is 8.12. The average Bonchev–Trinajstić information content (AvgIpc) is 2.30. The zero-order chi connectivity index (χ0) is 11.8. The highest BCUT2D eigenvalue weighted by molar-refractivity contribution is 7.98. The fourth-order valence-corrected chi connectivity index (χ4v) is 3.34. The van der Waals surface area contributed by atoms with E-state index in [1.807, 2.05) is 23.9 Å². The maximum atomic E-state index is 5.84. The van der Waals surface area contributed by atoms with Gasteiger partial charge >= 0.3 is 0 Å². The molecule has 0 radical (unpaired) electrons. The number of hydrogen-bond acceptors (Lipinski definition) is 2. The first-order chi connectivity index (χ1) is 7.76. The predicted octanol–water partition coefficient (Wildman–Crippen LogP) is 4.92. The van der Waals surface area contributed by atoms with E-state index in [2.05, 4.69) is 31.7 Å². The molecule has 0 N–H and O–H groups in total. The molecular formula is C13H19ClS2. The van der Waals surface area contributed by atoms with Gasteiger partial charge in [-0.15, -0.1) is 0 Å². The number of rotatable bonds is 7. The fourth-order valence-electron chi connectivity index (χ4n) is 1.56. The lowest BCUT2D eigenvalue weighted by Gasteiger charge is -2.12. The second kappa shape index (κ2) is 8.32. The van der Waals surface area contributed by atoms with Crippen LogP contribution in [0.2, 0.25) is 5.02 Å². The van der Waals surface area contributed by atoms with E-state index < -0.39 is 0 Å². The minimum Gasteiger partial charge on any atom is -0.179 e. The van der Waals surface area contributed by atoms with Gasteiger partial charge < -0.3 is 0 Å². The van der Waals surface area contributed by atoms with Crippen LogP contribution >= 0.6 is 36.0 Å². The van der Waals surface area contributed by atoms with Gasteiger partial charge in [-0.1, -0.05) is 37.1 Å². The van der Waals surface area contributed by atoms with Gasteiger partial charge in [0, 0.05) is 10.8 Å². The number of thiol groups is 1. The molecule has 1 rings (SSSR count). The highest BCUT2D eigenvalue weighted by Gasteiger charge is 2.05. The molecule has 0 saturated heterocycles. The van der Waals surface area contributed by atoms with Gasteiger partial charge in [-0.25, -0.2) is 0 Å². The maximum absolute atomic E-state index is 5.84. The van der Waals surface area contributed by atoms with Gasteiger partial charge in [0.25, 0.3) is 0 Å². The second-order valence-electron chi connectivity index (χ2n) is 3.98. The number of hydrogen-bond donors (Lipinski definition) is 1. The zero-order valence-corrected chi connectivity index (χ0v) is 12.1. The molecule has 3 heteroatoms. The van der Waals surface area contributed by atoms with Gasteiger partial charge in [0.15, 0.2) is 0 Å². The molecule has 0 nitrogen and oxygen atoms in total. The zero-order valence-electron chi connectivity index (χ0n) is 9.66. The first-order valence-corrected chi connectivity index (χ1v) is 7.85. The Morgan fingerprint density at radius 1 is 1.31 bits per heavy atom. The van der Waals surface area contributed by atoms with E-state index in [1.54, 1.807) is 0 Å². The van der Waals surface area contributed by atoms with E-state index in [-0.39, 0.29) is 0 Å². The number of halogens is 1. The molecule has 1 unspecified atom stereocenters. The Balaban J connectivity index is 2.26. The van der Waals surface area contributed by atoms with Crippen LogP contribution in [0.4, 0.5) is 0 Å². The van der Waals surface area contributed by atoms with Crippen molar-refractivity contribution in [1.29, 1.82) is 0 Å². The summed E-state index contributed by atoms with van der Waals surface area (Å²) < 4.78 is 0. The van der Waals surface area contributed by atoms with E-state index >= 15 is 0 Å². The molecule has 0 heterocycles. The van der Waals surface area contributed by atoms with Crippen LogP contribution in [0.3, 0.4) is 0 Å². The molecule has 0 aliphatic heterocycles. The van der Waals surface area contributed by atoms with Crippen molar-refractivity contribution < 1.29 is 0 Å². The van der Waals surface area contributed by atoms with Gasteiger partial charge in [-0.05, 0) is 41.5 Å². The molecule has 0 fully saturated rings. The standard InChI is InChI=1S/C13H19ClS2/c1-2-3-12(8-15)10-16-9-11-4-6-13(14)7-5-11/h4-7,12,15H,2-3,8-10H2,1H3. The van der Waals surface area contributed by atoms with E-state index in [1.165, 1.54) is 24.2 Å². The molecule has 90 valence electrons. The van der Waals surface area contributed by atoms with Crippen LogP contribution in [0, 0.1) is 5.92 Å². The Labute approximate surface area is 114 Å². The van der Waals surface area contributed by atoms with Gasteiger partial charge in [0.05, 0.1) is 0 Å². The van der Waals surface area contributed by atoms with Crippen LogP contribution in [0.5, 0.6) is 0 Å². The van der Waals surface area contributed by atoms with Crippen molar-refractivity contribution in [2.45, 2.75) is 25.5 Å². The van der Waals surface area contributed by atoms with Crippen molar-refractivity contribution in [3.05, 3.63) is 34.9 Å². The summed E-state index contributed by atoms with van der Waals surface area (Å²) in [5.41, 5.74) is 1.35. The molecule has 0 bridgehead atoms. The molecule has 16 heavy (non-hydrogen) atoms. The van der Waals surface area contributed by atoms with Gasteiger partial charge in [-0.3, -0.25) is 0 Å². The maximum Gasteiger partial charge on any atom is 0.0406 e. The molecule has 0 aliphatic carbocycles. The van der Waals surface area contributed by atoms with E-state index in [0.29, 0.717) is 0 Å². The summed E-state index contributed by atoms with van der Waals surface area (Å²) in [6.07, 6.45) is 2.55. The third kappa shape index (κ3) is 5.51. The van der Waals surface area contributed by atoms with Gasteiger partial charge in [0.1, 0.15) is 0 Å². The molecule has 1 aromatic rings. The van der Waals surface area contributed by atoms with Crippen molar-refractivity contribution in [2.75, 3.05) is 11.5 Å². The lowest BCUT2D eigenvalue weighted by Crippen LogP contribution is -2.05. The van der Waals surface area contributed by atoms with Gasteiger partial charge in [-0.2, -0.15) is 24.4 Å². The summed E-state index contributed by atoms with van der Waals surface area (Å²) in [5.74, 6) is 4.04. The predicted molar refractivity (Wildman–Crippen MR) is 79.9 cm³/mol. The van der Waals surface area contributed by atoms with E-state index in [0.717, 1.165) is 22.4 Å². The minimum atomic E-state index is 0.755. The van der Waals surface area contributed by atoms with Crippen molar-refractivity contribution in [1.82, 2.24) is 0 Å². The van der Waals surface area contributed by atoms with Crippen molar-refractivity contribution in [2.24, 2.45) is 5.92 Å². The summed E-state index contributed by atoms with van der Waals surface area (Å²) in [5, 5.41) is 0.813. The lowest BCUT2D eigenvalue weighted by atomic mass is 10.1. The Morgan fingerprint density at radius 3 is 2.56 bits per heavy atom. The quantitative estimate of drug-likeness (QED) is 0.689. The minimum absolute atomic E-state index is 0.755. The Morgan fingerprint density at radius 2 is 2.00 bits per heavy atom. The van der Waals surface area contributed by atoms with Gasteiger partial charge in [0.2, 0.25) is 0 Å². The topological polar surface area (TPSA) is 0 Å². The normalized spacial score (nSPS) is 12.7. The molecule has 1 aromatic carbocycles. The van der Waals surface area contributed by atoms with Crippen molar-refractivity contribution in [3.63, 3.8) is 0 Å². The molecule has 0 amide bonds. The van der Waals surface area contributed by atoms with Crippen LogP contribution in [0.1, 0.15) is 25.3 Å². The smallest absolute Gasteiger partial charge is 0.0406 e. The highest BCUT2D eigenvalue weighted by Crippen LogP contribution is 2.20. The summed E-state index contributed by atoms with van der Waals surface area (Å²) >= 11 is 12.2. The third-order valence-electron chi connectivity index (χ3n) is 2.49. The summed E-state index contributed by atoms with van der Waals surface area (Å²) in [6.45, 7) is 2.24. The van der Waals surface area contributed by atoms with E-state index in [9.17, 15) is 0 Å². The van der Waals surface area contributed by atoms with Crippen LogP contribution in [-0.4, -0.2) is 11.5 Å². The Bertz CT molecular complexity index is 284. The fraction of sp³-hybridized carbons (Fsp3) is 0.538. The van der Waals surface area contributed by atoms with Crippen LogP contribution < -0.4 is 0 Å². The number of benzene rings is 1. The lowest BCUT2D eigenvalue weighted by molar-refractivity contribution is 0.595. The summed E-state index contributed by atoms with van der Waals surface area (Å²) in [4.78, 5) is 0. The first kappa shape index (κ1) is 14.3. The molecular weight excluding hydrogens is 256 g/mol. The Hall–Kier alpha value is 0.210. The Kier molecular flexibility index (Phi) is 7.42. The summed E-state index contributed by atoms with van der Waals surface area (Å²) in [7, 11) is 0. The average molecular weight is 275 g/mol. The van der Waals surface area contributed by atoms with Crippen LogP contribution in [0.25, 0.3) is 0 Å². The largest absolute Gasteiger partial charge is 0.179 e. The molecule has 1 atom stereocenters. The van der Waals surface area contributed by atoms with Crippen LogP contribution in [-0.2, 0) is 5.75 Å².